The van der Waals surface area contributed by atoms with E-state index in [1.807, 2.05) is 25.1 Å². The van der Waals surface area contributed by atoms with E-state index in [2.05, 4.69) is 10.6 Å². The van der Waals surface area contributed by atoms with E-state index in [1.165, 1.54) is 7.11 Å². The summed E-state index contributed by atoms with van der Waals surface area (Å²) in [5, 5.41) is 5.86. The number of amides is 2. The number of carbonyl (C=O) groups is 2. The molecule has 25 heavy (non-hydrogen) atoms. The number of halogens is 1. The van der Waals surface area contributed by atoms with Crippen molar-refractivity contribution in [1.82, 2.24) is 0 Å². The average molecular weight is 361 g/mol. The highest BCUT2D eigenvalue weighted by Crippen LogP contribution is 2.28. The van der Waals surface area contributed by atoms with Crippen LogP contribution < -0.4 is 15.4 Å². The lowest BCUT2D eigenvalue weighted by molar-refractivity contribution is -0.135. The van der Waals surface area contributed by atoms with Gasteiger partial charge in [0.05, 0.1) is 12.1 Å². The van der Waals surface area contributed by atoms with E-state index >= 15 is 0 Å². The van der Waals surface area contributed by atoms with Crippen molar-refractivity contribution in [3.63, 3.8) is 0 Å². The molecule has 0 saturated carbocycles. The van der Waals surface area contributed by atoms with E-state index < -0.39 is 17.2 Å². The Hall–Kier alpha value is -2.53. The molecule has 2 aromatic rings. The number of methoxy groups -OCH3 is 1. The van der Waals surface area contributed by atoms with Crippen LogP contribution in [0.2, 0.25) is 5.02 Å². The van der Waals surface area contributed by atoms with Gasteiger partial charge in [0.15, 0.2) is 0 Å². The second kappa shape index (κ2) is 7.57. The number of rotatable bonds is 5. The van der Waals surface area contributed by atoms with Crippen LogP contribution in [0.5, 0.6) is 5.75 Å². The molecule has 0 aliphatic heterocycles. The maximum Gasteiger partial charge on any atom is 0.239 e. The predicted molar refractivity (Wildman–Crippen MR) is 100 cm³/mol. The molecule has 0 aliphatic rings. The Balaban J connectivity index is 2.10. The number of benzene rings is 2. The van der Waals surface area contributed by atoms with Crippen LogP contribution in [0, 0.1) is 12.3 Å². The smallest absolute Gasteiger partial charge is 0.239 e. The molecule has 2 amide bonds. The zero-order chi connectivity index (χ0) is 18.6. The third kappa shape index (κ3) is 4.51. The van der Waals surface area contributed by atoms with Gasteiger partial charge in [-0.1, -0.05) is 23.7 Å². The molecule has 0 aliphatic carbocycles. The first-order valence-electron chi connectivity index (χ1n) is 7.77. The first-order chi connectivity index (χ1) is 11.7. The first kappa shape index (κ1) is 18.8. The maximum absolute atomic E-state index is 12.6. The molecule has 2 N–H and O–H groups in total. The molecule has 0 aromatic heterocycles. The number of ether oxygens (including phenoxy) is 1. The summed E-state index contributed by atoms with van der Waals surface area (Å²) in [4.78, 5) is 25.1. The standard InChI is InChI=1S/C19H21ClN2O3/c1-12-6-5-7-13(10-12)21-17(23)19(2,3)18(24)22-14-8-9-16(25-4)15(20)11-14/h5-11H,1-4H3,(H,21,23)(H,22,24). The number of aryl methyl sites for hydroxylation is 1. The first-order valence-corrected chi connectivity index (χ1v) is 8.15. The molecule has 132 valence electrons. The summed E-state index contributed by atoms with van der Waals surface area (Å²) in [5.74, 6) is -0.315. The number of anilines is 2. The maximum atomic E-state index is 12.6. The zero-order valence-corrected chi connectivity index (χ0v) is 15.4. The van der Waals surface area contributed by atoms with Crippen molar-refractivity contribution in [2.24, 2.45) is 5.41 Å². The predicted octanol–water partition coefficient (Wildman–Crippen LogP) is 4.26. The average Bonchev–Trinajstić information content (AvgIpc) is 2.55. The van der Waals surface area contributed by atoms with Crippen molar-refractivity contribution in [2.45, 2.75) is 20.8 Å². The molecule has 5 nitrogen and oxygen atoms in total. The minimum Gasteiger partial charge on any atom is -0.495 e. The second-order valence-electron chi connectivity index (χ2n) is 6.25. The quantitative estimate of drug-likeness (QED) is 0.783. The Labute approximate surface area is 152 Å². The summed E-state index contributed by atoms with van der Waals surface area (Å²) in [5.41, 5.74) is 0.898. The minimum atomic E-state index is -1.27. The molecule has 6 heteroatoms. The number of hydrogen-bond donors (Lipinski definition) is 2. The van der Waals surface area contributed by atoms with Gasteiger partial charge in [-0.2, -0.15) is 0 Å². The SMILES string of the molecule is COc1ccc(NC(=O)C(C)(C)C(=O)Nc2cccc(C)c2)cc1Cl. The van der Waals surface area contributed by atoms with E-state index in [0.29, 0.717) is 22.1 Å². The Morgan fingerprint density at radius 2 is 1.60 bits per heavy atom. The molecular weight excluding hydrogens is 340 g/mol. The van der Waals surface area contributed by atoms with Crippen molar-refractivity contribution in [2.75, 3.05) is 17.7 Å². The molecule has 0 fully saturated rings. The van der Waals surface area contributed by atoms with E-state index in [1.54, 1.807) is 38.1 Å². The Morgan fingerprint density at radius 1 is 1.00 bits per heavy atom. The molecule has 0 unspecified atom stereocenters. The van der Waals surface area contributed by atoms with Crippen LogP contribution in [0.25, 0.3) is 0 Å². The van der Waals surface area contributed by atoms with Crippen LogP contribution in [-0.4, -0.2) is 18.9 Å². The van der Waals surface area contributed by atoms with Gasteiger partial charge in [0.25, 0.3) is 0 Å². The lowest BCUT2D eigenvalue weighted by Crippen LogP contribution is -2.41. The highest BCUT2D eigenvalue weighted by atomic mass is 35.5. The molecule has 0 bridgehead atoms. The summed E-state index contributed by atoms with van der Waals surface area (Å²) < 4.78 is 5.08. The van der Waals surface area contributed by atoms with Crippen molar-refractivity contribution in [1.29, 1.82) is 0 Å². The van der Waals surface area contributed by atoms with Crippen molar-refractivity contribution < 1.29 is 14.3 Å². The van der Waals surface area contributed by atoms with Crippen molar-refractivity contribution in [3.05, 3.63) is 53.1 Å². The normalized spacial score (nSPS) is 10.9. The highest BCUT2D eigenvalue weighted by Gasteiger charge is 2.36. The summed E-state index contributed by atoms with van der Waals surface area (Å²) in [6.07, 6.45) is 0. The van der Waals surface area contributed by atoms with E-state index in [4.69, 9.17) is 16.3 Å². The highest BCUT2D eigenvalue weighted by molar-refractivity contribution is 6.32. The van der Waals surface area contributed by atoms with E-state index in [0.717, 1.165) is 5.56 Å². The van der Waals surface area contributed by atoms with Gasteiger partial charge in [0.2, 0.25) is 11.8 Å². The summed E-state index contributed by atoms with van der Waals surface area (Å²) in [7, 11) is 1.51. The summed E-state index contributed by atoms with van der Waals surface area (Å²) in [6.45, 7) is 5.07. The monoisotopic (exact) mass is 360 g/mol. The lowest BCUT2D eigenvalue weighted by Gasteiger charge is -2.23. The van der Waals surface area contributed by atoms with Crippen LogP contribution in [0.3, 0.4) is 0 Å². The fourth-order valence-electron chi connectivity index (χ4n) is 2.14. The third-order valence-electron chi connectivity index (χ3n) is 3.82. The number of nitrogens with one attached hydrogen (secondary N) is 2. The van der Waals surface area contributed by atoms with Crippen LogP contribution >= 0.6 is 11.6 Å². The molecule has 0 heterocycles. The topological polar surface area (TPSA) is 67.4 Å². The van der Waals surface area contributed by atoms with E-state index in [9.17, 15) is 9.59 Å². The summed E-state index contributed by atoms with van der Waals surface area (Å²) >= 11 is 6.06. The third-order valence-corrected chi connectivity index (χ3v) is 4.12. The molecule has 0 radical (unpaired) electrons. The largest absolute Gasteiger partial charge is 0.495 e. The Morgan fingerprint density at radius 3 is 2.12 bits per heavy atom. The fraction of sp³-hybridized carbons (Fsp3) is 0.263. The van der Waals surface area contributed by atoms with Gasteiger partial charge in [-0.25, -0.2) is 0 Å². The fourth-order valence-corrected chi connectivity index (χ4v) is 2.40. The van der Waals surface area contributed by atoms with Crippen LogP contribution in [0.1, 0.15) is 19.4 Å². The Kier molecular flexibility index (Phi) is 5.69. The molecule has 0 spiro atoms. The molecule has 2 rings (SSSR count). The van der Waals surface area contributed by atoms with Gasteiger partial charge in [-0.05, 0) is 56.7 Å². The van der Waals surface area contributed by atoms with Gasteiger partial charge in [0, 0.05) is 11.4 Å². The Bertz CT molecular complexity index is 803. The van der Waals surface area contributed by atoms with Gasteiger partial charge < -0.3 is 15.4 Å². The molecule has 0 atom stereocenters. The number of carbonyl (C=O) groups excluding carboxylic acids is 2. The van der Waals surface area contributed by atoms with Crippen LogP contribution in [0.4, 0.5) is 11.4 Å². The lowest BCUT2D eigenvalue weighted by atomic mass is 9.90. The van der Waals surface area contributed by atoms with Crippen LogP contribution in [-0.2, 0) is 9.59 Å². The van der Waals surface area contributed by atoms with Crippen LogP contribution in [0.15, 0.2) is 42.5 Å². The van der Waals surface area contributed by atoms with Gasteiger partial charge >= 0.3 is 0 Å². The zero-order valence-electron chi connectivity index (χ0n) is 14.6. The number of hydrogen-bond acceptors (Lipinski definition) is 3. The second-order valence-corrected chi connectivity index (χ2v) is 6.66. The minimum absolute atomic E-state index is 0.377. The van der Waals surface area contributed by atoms with E-state index in [-0.39, 0.29) is 0 Å². The van der Waals surface area contributed by atoms with Gasteiger partial charge in [0.1, 0.15) is 11.2 Å². The molecule has 2 aromatic carbocycles. The van der Waals surface area contributed by atoms with Gasteiger partial charge in [-0.15, -0.1) is 0 Å². The summed E-state index contributed by atoms with van der Waals surface area (Å²) in [6, 6.07) is 12.3. The molecule has 0 saturated heterocycles. The van der Waals surface area contributed by atoms with Crippen molar-refractivity contribution >= 4 is 34.8 Å². The van der Waals surface area contributed by atoms with Gasteiger partial charge in [-0.3, -0.25) is 9.59 Å². The van der Waals surface area contributed by atoms with Crippen molar-refractivity contribution in [3.8, 4) is 5.75 Å². The molecular formula is C19H21ClN2O3.